The smallest absolute Gasteiger partial charge is 0.242 e. The van der Waals surface area contributed by atoms with Crippen LogP contribution in [-0.4, -0.2) is 49.6 Å². The minimum atomic E-state index is -0.511. The van der Waals surface area contributed by atoms with Gasteiger partial charge in [0, 0.05) is 19.0 Å². The predicted molar refractivity (Wildman–Crippen MR) is 134 cm³/mol. The van der Waals surface area contributed by atoms with Crippen LogP contribution in [0.3, 0.4) is 0 Å². The minimum Gasteiger partial charge on any atom is -0.493 e. The van der Waals surface area contributed by atoms with Crippen LogP contribution in [0.5, 0.6) is 11.5 Å². The number of benzene rings is 2. The molecule has 34 heavy (non-hydrogen) atoms. The molecule has 3 rings (SSSR count). The summed E-state index contributed by atoms with van der Waals surface area (Å²) in [6, 6.07) is 15.5. The minimum absolute atomic E-state index is 0.0167. The van der Waals surface area contributed by atoms with Gasteiger partial charge in [-0.25, -0.2) is 0 Å². The molecule has 1 fully saturated rings. The number of rotatable bonds is 11. The second-order valence-corrected chi connectivity index (χ2v) is 9.03. The van der Waals surface area contributed by atoms with Crippen LogP contribution < -0.4 is 14.8 Å². The quantitative estimate of drug-likeness (QED) is 0.528. The Labute approximate surface area is 203 Å². The maximum absolute atomic E-state index is 13.3. The number of ether oxygens (including phenoxy) is 2. The van der Waals surface area contributed by atoms with Crippen LogP contribution in [0.25, 0.3) is 0 Å². The van der Waals surface area contributed by atoms with E-state index in [0.29, 0.717) is 37.3 Å². The molecule has 0 spiro atoms. The van der Waals surface area contributed by atoms with Gasteiger partial charge in [-0.2, -0.15) is 0 Å². The van der Waals surface area contributed by atoms with Crippen molar-refractivity contribution in [1.29, 1.82) is 0 Å². The highest BCUT2D eigenvalue weighted by Gasteiger charge is 2.27. The Hall–Kier alpha value is -3.02. The lowest BCUT2D eigenvalue weighted by Gasteiger charge is -2.31. The number of nitrogens with one attached hydrogen (secondary N) is 1. The van der Waals surface area contributed by atoms with Gasteiger partial charge in [-0.1, -0.05) is 55.7 Å². The molecule has 1 atom stereocenters. The van der Waals surface area contributed by atoms with Crippen LogP contribution in [0, 0.1) is 0 Å². The molecule has 184 valence electrons. The van der Waals surface area contributed by atoms with Gasteiger partial charge in [-0.3, -0.25) is 9.59 Å². The SMILES string of the molecule is COc1ccc(CCC(=O)N(CCc2ccccc2)[C@H](C)C(=O)NC2CCCCC2)cc1OC. The third-order valence-electron chi connectivity index (χ3n) is 6.68. The number of hydrogen-bond acceptors (Lipinski definition) is 4. The van der Waals surface area contributed by atoms with Gasteiger partial charge in [0.1, 0.15) is 6.04 Å². The van der Waals surface area contributed by atoms with Crippen LogP contribution in [0.1, 0.15) is 56.6 Å². The van der Waals surface area contributed by atoms with Gasteiger partial charge >= 0.3 is 0 Å². The highest BCUT2D eigenvalue weighted by molar-refractivity contribution is 5.87. The van der Waals surface area contributed by atoms with Gasteiger partial charge in [-0.05, 0) is 55.9 Å². The molecular formula is C28H38N2O4. The lowest BCUT2D eigenvalue weighted by Crippen LogP contribution is -2.51. The summed E-state index contributed by atoms with van der Waals surface area (Å²) < 4.78 is 10.7. The molecular weight excluding hydrogens is 428 g/mol. The first-order valence-corrected chi connectivity index (χ1v) is 12.4. The number of hydrogen-bond donors (Lipinski definition) is 1. The fraction of sp³-hybridized carbons (Fsp3) is 0.500. The zero-order chi connectivity index (χ0) is 24.3. The highest BCUT2D eigenvalue weighted by atomic mass is 16.5. The summed E-state index contributed by atoms with van der Waals surface area (Å²) in [6.07, 6.45) is 7.20. The maximum atomic E-state index is 13.3. The van der Waals surface area contributed by atoms with Crippen LogP contribution >= 0.6 is 0 Å². The third-order valence-corrected chi connectivity index (χ3v) is 6.68. The van der Waals surface area contributed by atoms with E-state index < -0.39 is 6.04 Å². The van der Waals surface area contributed by atoms with Gasteiger partial charge in [-0.15, -0.1) is 0 Å². The van der Waals surface area contributed by atoms with E-state index in [1.807, 2.05) is 43.3 Å². The molecule has 6 heteroatoms. The van der Waals surface area contributed by atoms with E-state index >= 15 is 0 Å². The van der Waals surface area contributed by atoms with Crippen molar-refractivity contribution in [3.8, 4) is 11.5 Å². The predicted octanol–water partition coefficient (Wildman–Crippen LogP) is 4.55. The summed E-state index contributed by atoms with van der Waals surface area (Å²) in [4.78, 5) is 28.1. The van der Waals surface area contributed by atoms with Crippen molar-refractivity contribution in [3.63, 3.8) is 0 Å². The Morgan fingerprint density at radius 3 is 2.32 bits per heavy atom. The van der Waals surface area contributed by atoms with E-state index in [1.54, 1.807) is 19.1 Å². The molecule has 1 saturated carbocycles. The summed E-state index contributed by atoms with van der Waals surface area (Å²) in [5, 5.41) is 3.19. The molecule has 2 aromatic carbocycles. The average Bonchev–Trinajstić information content (AvgIpc) is 2.88. The van der Waals surface area contributed by atoms with Crippen LogP contribution in [0.4, 0.5) is 0 Å². The molecule has 0 heterocycles. The van der Waals surface area contributed by atoms with E-state index in [-0.39, 0.29) is 17.9 Å². The Bertz CT molecular complexity index is 925. The van der Waals surface area contributed by atoms with Gasteiger partial charge in [0.05, 0.1) is 14.2 Å². The number of nitrogens with zero attached hydrogens (tertiary/aromatic N) is 1. The Morgan fingerprint density at radius 2 is 1.65 bits per heavy atom. The molecule has 0 saturated heterocycles. The molecule has 2 aromatic rings. The first-order chi connectivity index (χ1) is 16.5. The summed E-state index contributed by atoms with van der Waals surface area (Å²) >= 11 is 0. The van der Waals surface area contributed by atoms with Crippen LogP contribution in [0.2, 0.25) is 0 Å². The molecule has 0 aliphatic heterocycles. The van der Waals surface area contributed by atoms with Gasteiger partial charge in [0.15, 0.2) is 11.5 Å². The number of aryl methyl sites for hydroxylation is 1. The normalized spacial score (nSPS) is 14.8. The number of amides is 2. The average molecular weight is 467 g/mol. The van der Waals surface area contributed by atoms with Crippen molar-refractivity contribution in [2.75, 3.05) is 20.8 Å². The fourth-order valence-electron chi connectivity index (χ4n) is 4.57. The molecule has 0 unspecified atom stereocenters. The molecule has 2 amide bonds. The Kier molecular flexibility index (Phi) is 9.80. The van der Waals surface area contributed by atoms with Crippen molar-refractivity contribution in [1.82, 2.24) is 10.2 Å². The topological polar surface area (TPSA) is 67.9 Å². The molecule has 1 aliphatic rings. The Balaban J connectivity index is 1.67. The molecule has 1 aliphatic carbocycles. The van der Waals surface area contributed by atoms with E-state index in [0.717, 1.165) is 36.8 Å². The first kappa shape index (κ1) is 25.6. The van der Waals surface area contributed by atoms with Gasteiger partial charge < -0.3 is 19.7 Å². The summed E-state index contributed by atoms with van der Waals surface area (Å²) in [6.45, 7) is 2.35. The molecule has 0 radical (unpaired) electrons. The van der Waals surface area contributed by atoms with Crippen molar-refractivity contribution in [2.45, 2.75) is 70.4 Å². The lowest BCUT2D eigenvalue weighted by atomic mass is 9.95. The third kappa shape index (κ3) is 7.24. The van der Waals surface area contributed by atoms with Crippen molar-refractivity contribution < 1.29 is 19.1 Å². The van der Waals surface area contributed by atoms with Crippen molar-refractivity contribution in [3.05, 3.63) is 59.7 Å². The maximum Gasteiger partial charge on any atom is 0.242 e. The highest BCUT2D eigenvalue weighted by Crippen LogP contribution is 2.28. The number of methoxy groups -OCH3 is 2. The summed E-state index contributed by atoms with van der Waals surface area (Å²) in [5.41, 5.74) is 2.15. The number of carbonyl (C=O) groups excluding carboxylic acids is 2. The van der Waals surface area contributed by atoms with Crippen molar-refractivity contribution >= 4 is 11.8 Å². The van der Waals surface area contributed by atoms with E-state index in [9.17, 15) is 9.59 Å². The van der Waals surface area contributed by atoms with E-state index in [4.69, 9.17) is 9.47 Å². The number of carbonyl (C=O) groups is 2. The van der Waals surface area contributed by atoms with Crippen molar-refractivity contribution in [2.24, 2.45) is 0 Å². The first-order valence-electron chi connectivity index (χ1n) is 12.4. The molecule has 0 aromatic heterocycles. The second kappa shape index (κ2) is 13.0. The largest absolute Gasteiger partial charge is 0.493 e. The molecule has 0 bridgehead atoms. The monoisotopic (exact) mass is 466 g/mol. The molecule has 6 nitrogen and oxygen atoms in total. The standard InChI is InChI=1S/C28H38N2O4/c1-21(28(32)29-24-12-8-5-9-13-24)30(19-18-22-10-6-4-7-11-22)27(31)17-15-23-14-16-25(33-2)26(20-23)34-3/h4,6-7,10-11,14,16,20-21,24H,5,8-9,12-13,15,17-19H2,1-3H3,(H,29,32)/t21-/m1/s1. The van der Waals surface area contributed by atoms with Crippen LogP contribution in [-0.2, 0) is 22.4 Å². The Morgan fingerprint density at radius 1 is 0.941 bits per heavy atom. The van der Waals surface area contributed by atoms with E-state index in [1.165, 1.54) is 6.42 Å². The van der Waals surface area contributed by atoms with E-state index in [2.05, 4.69) is 17.4 Å². The van der Waals surface area contributed by atoms with Crippen LogP contribution in [0.15, 0.2) is 48.5 Å². The zero-order valence-corrected chi connectivity index (χ0v) is 20.7. The second-order valence-electron chi connectivity index (χ2n) is 9.03. The lowest BCUT2D eigenvalue weighted by molar-refractivity contribution is -0.140. The summed E-state index contributed by atoms with van der Waals surface area (Å²) in [5.74, 6) is 1.24. The summed E-state index contributed by atoms with van der Waals surface area (Å²) in [7, 11) is 3.20. The van der Waals surface area contributed by atoms with Gasteiger partial charge in [0.25, 0.3) is 0 Å². The zero-order valence-electron chi connectivity index (χ0n) is 20.7. The van der Waals surface area contributed by atoms with Gasteiger partial charge in [0.2, 0.25) is 11.8 Å². The molecule has 1 N–H and O–H groups in total. The fourth-order valence-corrected chi connectivity index (χ4v) is 4.57.